The summed E-state index contributed by atoms with van der Waals surface area (Å²) >= 11 is 6.16. The Morgan fingerprint density at radius 1 is 1.37 bits per heavy atom. The van der Waals surface area contributed by atoms with Crippen molar-refractivity contribution in [2.24, 2.45) is 0 Å². The van der Waals surface area contributed by atoms with Gasteiger partial charge in [-0.2, -0.15) is 0 Å². The average Bonchev–Trinajstić information content (AvgIpc) is 2.31. The highest BCUT2D eigenvalue weighted by molar-refractivity contribution is 6.32. The van der Waals surface area contributed by atoms with Crippen LogP contribution in [0.1, 0.15) is 33.3 Å². The van der Waals surface area contributed by atoms with E-state index in [4.69, 9.17) is 21.1 Å². The second-order valence-corrected chi connectivity index (χ2v) is 4.72. The number of carbonyl (C=O) groups is 1. The number of hydrogen-bond acceptors (Lipinski definition) is 3. The Morgan fingerprint density at radius 2 is 2.05 bits per heavy atom. The molecule has 0 aliphatic carbocycles. The minimum atomic E-state index is -0.489. The van der Waals surface area contributed by atoms with E-state index in [2.05, 4.69) is 5.32 Å². The lowest BCUT2D eigenvalue weighted by molar-refractivity contribution is 0.130. The van der Waals surface area contributed by atoms with Crippen LogP contribution < -0.4 is 10.1 Å². The molecule has 19 heavy (non-hydrogen) atoms. The number of hydrogen-bond donors (Lipinski definition) is 1. The van der Waals surface area contributed by atoms with Crippen LogP contribution >= 0.6 is 11.6 Å². The van der Waals surface area contributed by atoms with Crippen molar-refractivity contribution < 1.29 is 14.3 Å². The molecule has 0 heterocycles. The van der Waals surface area contributed by atoms with Gasteiger partial charge in [-0.15, -0.1) is 0 Å². The Morgan fingerprint density at radius 3 is 2.58 bits per heavy atom. The van der Waals surface area contributed by atoms with Gasteiger partial charge in [-0.1, -0.05) is 18.5 Å². The van der Waals surface area contributed by atoms with Crippen molar-refractivity contribution in [2.45, 2.75) is 40.2 Å². The van der Waals surface area contributed by atoms with Crippen LogP contribution in [0.25, 0.3) is 0 Å². The lowest BCUT2D eigenvalue weighted by atomic mass is 10.1. The smallest absolute Gasteiger partial charge is 0.411 e. The quantitative estimate of drug-likeness (QED) is 0.879. The molecule has 1 aromatic carbocycles. The van der Waals surface area contributed by atoms with Crippen molar-refractivity contribution >= 4 is 23.4 Å². The molecule has 1 amide bonds. The van der Waals surface area contributed by atoms with Crippen LogP contribution in [0.2, 0.25) is 5.02 Å². The van der Waals surface area contributed by atoms with Gasteiger partial charge in [-0.3, -0.25) is 5.32 Å². The zero-order valence-corrected chi connectivity index (χ0v) is 12.5. The summed E-state index contributed by atoms with van der Waals surface area (Å²) in [6, 6.07) is 3.51. The highest BCUT2D eigenvalue weighted by Crippen LogP contribution is 2.33. The zero-order chi connectivity index (χ0) is 14.4. The molecule has 0 aromatic heterocycles. The Labute approximate surface area is 119 Å². The molecular formula is C14H20ClNO3. The first-order valence-electron chi connectivity index (χ1n) is 6.40. The molecule has 0 bridgehead atoms. The predicted octanol–water partition coefficient (Wildman–Crippen LogP) is 4.26. The van der Waals surface area contributed by atoms with Gasteiger partial charge in [0.2, 0.25) is 0 Å². The van der Waals surface area contributed by atoms with Crippen molar-refractivity contribution in [1.82, 2.24) is 0 Å². The third kappa shape index (κ3) is 4.63. The first-order chi connectivity index (χ1) is 8.97. The molecule has 0 spiro atoms. The Balaban J connectivity index is 2.92. The summed E-state index contributed by atoms with van der Waals surface area (Å²) in [7, 11) is 0. The van der Waals surface area contributed by atoms with Crippen LogP contribution in [0.3, 0.4) is 0 Å². The van der Waals surface area contributed by atoms with Crippen LogP contribution in [0, 0.1) is 0 Å². The molecule has 1 rings (SSSR count). The van der Waals surface area contributed by atoms with E-state index in [0.717, 1.165) is 12.0 Å². The summed E-state index contributed by atoms with van der Waals surface area (Å²) < 4.78 is 10.5. The normalized spacial score (nSPS) is 10.4. The van der Waals surface area contributed by atoms with Gasteiger partial charge in [0.05, 0.1) is 17.7 Å². The number of aryl methyl sites for hydroxylation is 1. The molecule has 5 heteroatoms. The molecular weight excluding hydrogens is 266 g/mol. The number of nitrogens with one attached hydrogen (secondary N) is 1. The highest BCUT2D eigenvalue weighted by Gasteiger charge is 2.12. The van der Waals surface area contributed by atoms with Crippen LogP contribution in [-0.4, -0.2) is 18.8 Å². The molecule has 4 nitrogen and oxygen atoms in total. The number of amides is 1. The Hall–Kier alpha value is -1.42. The largest absolute Gasteiger partial charge is 0.492 e. The summed E-state index contributed by atoms with van der Waals surface area (Å²) in [6.45, 7) is 8.05. The maximum absolute atomic E-state index is 11.5. The second kappa shape index (κ2) is 7.24. The molecule has 106 valence electrons. The number of benzene rings is 1. The van der Waals surface area contributed by atoms with Crippen LogP contribution in [0.4, 0.5) is 10.5 Å². The monoisotopic (exact) mass is 285 g/mol. The van der Waals surface area contributed by atoms with E-state index in [9.17, 15) is 4.79 Å². The van der Waals surface area contributed by atoms with Crippen LogP contribution in [0.5, 0.6) is 5.75 Å². The van der Waals surface area contributed by atoms with E-state index >= 15 is 0 Å². The summed E-state index contributed by atoms with van der Waals surface area (Å²) in [6.07, 6.45) is 0.116. The van der Waals surface area contributed by atoms with Gasteiger partial charge in [-0.25, -0.2) is 4.79 Å². The SMILES string of the molecule is CCOc1c(Cl)cc(NC(=O)OC(C)C)cc1CC. The number of ether oxygens (including phenoxy) is 2. The van der Waals surface area contributed by atoms with Gasteiger partial charge in [0.15, 0.2) is 0 Å². The van der Waals surface area contributed by atoms with Crippen molar-refractivity contribution in [1.29, 1.82) is 0 Å². The molecule has 0 saturated carbocycles. The maximum Gasteiger partial charge on any atom is 0.411 e. The minimum absolute atomic E-state index is 0.163. The molecule has 1 N–H and O–H groups in total. The van der Waals surface area contributed by atoms with E-state index < -0.39 is 6.09 Å². The maximum atomic E-state index is 11.5. The van der Waals surface area contributed by atoms with E-state index in [1.165, 1.54) is 0 Å². The predicted molar refractivity (Wildman–Crippen MR) is 77.2 cm³/mol. The van der Waals surface area contributed by atoms with Gasteiger partial charge in [0.25, 0.3) is 0 Å². The number of carbonyl (C=O) groups excluding carboxylic acids is 1. The Bertz CT molecular complexity index is 447. The molecule has 1 aromatic rings. The molecule has 0 radical (unpaired) electrons. The minimum Gasteiger partial charge on any atom is -0.492 e. The van der Waals surface area contributed by atoms with E-state index in [1.54, 1.807) is 19.9 Å². The lowest BCUT2D eigenvalue weighted by Crippen LogP contribution is -2.18. The zero-order valence-electron chi connectivity index (χ0n) is 11.7. The van der Waals surface area contributed by atoms with Crippen molar-refractivity contribution in [2.75, 3.05) is 11.9 Å². The third-order valence-corrected chi connectivity index (χ3v) is 2.66. The van der Waals surface area contributed by atoms with E-state index in [1.807, 2.05) is 19.9 Å². The first kappa shape index (κ1) is 15.6. The number of anilines is 1. The molecule has 0 unspecified atom stereocenters. The lowest BCUT2D eigenvalue weighted by Gasteiger charge is -2.14. The van der Waals surface area contributed by atoms with Gasteiger partial charge < -0.3 is 9.47 Å². The van der Waals surface area contributed by atoms with Gasteiger partial charge >= 0.3 is 6.09 Å². The molecule has 0 fully saturated rings. The summed E-state index contributed by atoms with van der Waals surface area (Å²) in [5.74, 6) is 0.675. The fraction of sp³-hybridized carbons (Fsp3) is 0.500. The third-order valence-electron chi connectivity index (χ3n) is 2.38. The Kier molecular flexibility index (Phi) is 5.96. The highest BCUT2D eigenvalue weighted by atomic mass is 35.5. The second-order valence-electron chi connectivity index (χ2n) is 4.31. The molecule has 0 aliphatic rings. The topological polar surface area (TPSA) is 47.6 Å². The number of halogens is 1. The van der Waals surface area contributed by atoms with Crippen molar-refractivity contribution in [3.8, 4) is 5.75 Å². The fourth-order valence-electron chi connectivity index (χ4n) is 1.65. The molecule has 0 saturated heterocycles. The first-order valence-corrected chi connectivity index (χ1v) is 6.78. The summed E-state index contributed by atoms with van der Waals surface area (Å²) in [5, 5.41) is 3.14. The van der Waals surface area contributed by atoms with Crippen LogP contribution in [0.15, 0.2) is 12.1 Å². The van der Waals surface area contributed by atoms with Gasteiger partial charge in [0, 0.05) is 5.69 Å². The van der Waals surface area contributed by atoms with Crippen molar-refractivity contribution in [3.63, 3.8) is 0 Å². The van der Waals surface area contributed by atoms with E-state index in [-0.39, 0.29) is 6.10 Å². The van der Waals surface area contributed by atoms with Crippen LogP contribution in [-0.2, 0) is 11.2 Å². The molecule has 0 aliphatic heterocycles. The van der Waals surface area contributed by atoms with Gasteiger partial charge in [-0.05, 0) is 44.9 Å². The fourth-order valence-corrected chi connectivity index (χ4v) is 1.95. The van der Waals surface area contributed by atoms with Crippen molar-refractivity contribution in [3.05, 3.63) is 22.7 Å². The van der Waals surface area contributed by atoms with E-state index in [0.29, 0.717) is 23.1 Å². The standard InChI is InChI=1S/C14H20ClNO3/c1-5-10-7-11(16-14(17)19-9(3)4)8-12(15)13(10)18-6-2/h7-9H,5-6H2,1-4H3,(H,16,17). The number of rotatable bonds is 5. The average molecular weight is 286 g/mol. The summed E-state index contributed by atoms with van der Waals surface area (Å²) in [5.41, 5.74) is 1.56. The molecule has 0 atom stereocenters. The van der Waals surface area contributed by atoms with Gasteiger partial charge in [0.1, 0.15) is 5.75 Å². The summed E-state index contributed by atoms with van der Waals surface area (Å²) in [4.78, 5) is 11.5.